The van der Waals surface area contributed by atoms with E-state index in [0.717, 1.165) is 0 Å². The molecule has 2 N–H and O–H groups in total. The van der Waals surface area contributed by atoms with Gasteiger partial charge in [-0.15, -0.1) is 0 Å². The van der Waals surface area contributed by atoms with E-state index in [1.165, 1.54) is 0 Å². The van der Waals surface area contributed by atoms with Crippen molar-refractivity contribution in [2.75, 3.05) is 13.7 Å². The van der Waals surface area contributed by atoms with E-state index in [1.807, 2.05) is 20.8 Å². The van der Waals surface area contributed by atoms with Gasteiger partial charge >= 0.3 is 0 Å². The number of ether oxygens (including phenoxy) is 1. The van der Waals surface area contributed by atoms with Gasteiger partial charge in [-0.1, -0.05) is 6.92 Å². The molecule has 0 aromatic rings. The molecule has 0 saturated carbocycles. The molecule has 0 aliphatic carbocycles. The van der Waals surface area contributed by atoms with Gasteiger partial charge in [0, 0.05) is 13.0 Å². The third-order valence-electron chi connectivity index (χ3n) is 2.50. The molecule has 0 spiro atoms. The highest BCUT2D eigenvalue weighted by Crippen LogP contribution is 2.24. The molecule has 0 aromatic carbocycles. The summed E-state index contributed by atoms with van der Waals surface area (Å²) in [5, 5.41) is 18.6. The number of hydrogen-bond acceptors (Lipinski definition) is 3. The summed E-state index contributed by atoms with van der Waals surface area (Å²) in [7, 11) is 1.59. The Bertz CT molecular complexity index is 123. The van der Waals surface area contributed by atoms with Crippen molar-refractivity contribution in [3.63, 3.8) is 0 Å². The highest BCUT2D eigenvalue weighted by Gasteiger charge is 2.33. The largest absolute Gasteiger partial charge is 0.396 e. The van der Waals surface area contributed by atoms with Gasteiger partial charge in [-0.05, 0) is 20.3 Å². The molecule has 2 unspecified atom stereocenters. The third-order valence-corrected chi connectivity index (χ3v) is 2.50. The van der Waals surface area contributed by atoms with Gasteiger partial charge in [0.05, 0.1) is 18.3 Å². The summed E-state index contributed by atoms with van der Waals surface area (Å²) in [5.41, 5.74) is -0.468. The summed E-state index contributed by atoms with van der Waals surface area (Å²) >= 11 is 0. The van der Waals surface area contributed by atoms with E-state index in [9.17, 15) is 5.11 Å². The molecule has 3 nitrogen and oxygen atoms in total. The van der Waals surface area contributed by atoms with E-state index in [1.54, 1.807) is 7.11 Å². The Morgan fingerprint density at radius 1 is 1.42 bits per heavy atom. The molecule has 0 radical (unpaired) electrons. The lowest BCUT2D eigenvalue weighted by molar-refractivity contribution is -0.0927. The molecule has 0 saturated heterocycles. The lowest BCUT2D eigenvalue weighted by Crippen LogP contribution is -2.43. The van der Waals surface area contributed by atoms with E-state index in [2.05, 4.69) is 0 Å². The second-order valence-electron chi connectivity index (χ2n) is 3.57. The molecule has 0 aromatic heterocycles. The van der Waals surface area contributed by atoms with Crippen LogP contribution in [0.3, 0.4) is 0 Å². The number of hydrogen-bond donors (Lipinski definition) is 2. The van der Waals surface area contributed by atoms with Gasteiger partial charge in [0.25, 0.3) is 0 Å². The van der Waals surface area contributed by atoms with Crippen LogP contribution in [0, 0.1) is 5.92 Å². The van der Waals surface area contributed by atoms with E-state index < -0.39 is 11.7 Å². The van der Waals surface area contributed by atoms with Crippen molar-refractivity contribution in [3.05, 3.63) is 0 Å². The molecule has 0 aliphatic rings. The zero-order chi connectivity index (χ0) is 9.78. The monoisotopic (exact) mass is 176 g/mol. The van der Waals surface area contributed by atoms with Crippen LogP contribution >= 0.6 is 0 Å². The fraction of sp³-hybridized carbons (Fsp3) is 1.00. The van der Waals surface area contributed by atoms with E-state index >= 15 is 0 Å². The molecule has 0 aliphatic heterocycles. The van der Waals surface area contributed by atoms with E-state index in [-0.39, 0.29) is 12.5 Å². The Kier molecular flexibility index (Phi) is 4.75. The Hall–Kier alpha value is -0.120. The second kappa shape index (κ2) is 4.80. The predicted molar refractivity (Wildman–Crippen MR) is 48.0 cm³/mol. The van der Waals surface area contributed by atoms with Crippen LogP contribution in [0.4, 0.5) is 0 Å². The average Bonchev–Trinajstić information content (AvgIpc) is 2.05. The predicted octanol–water partition coefficient (Wildman–Crippen LogP) is 0.791. The molecule has 0 heterocycles. The molecule has 2 atom stereocenters. The lowest BCUT2D eigenvalue weighted by atomic mass is 9.85. The average molecular weight is 176 g/mol. The van der Waals surface area contributed by atoms with Crippen molar-refractivity contribution in [2.45, 2.75) is 38.9 Å². The van der Waals surface area contributed by atoms with Gasteiger partial charge in [-0.25, -0.2) is 0 Å². The summed E-state index contributed by atoms with van der Waals surface area (Å²) in [6.07, 6.45) is 0.142. The first-order valence-electron chi connectivity index (χ1n) is 4.33. The van der Waals surface area contributed by atoms with Crippen molar-refractivity contribution in [1.29, 1.82) is 0 Å². The van der Waals surface area contributed by atoms with Crippen LogP contribution in [-0.2, 0) is 4.74 Å². The van der Waals surface area contributed by atoms with Crippen LogP contribution in [0.25, 0.3) is 0 Å². The van der Waals surface area contributed by atoms with Gasteiger partial charge < -0.3 is 14.9 Å². The van der Waals surface area contributed by atoms with Gasteiger partial charge in [0.2, 0.25) is 0 Å². The van der Waals surface area contributed by atoms with Crippen LogP contribution in [0.2, 0.25) is 0 Å². The quantitative estimate of drug-likeness (QED) is 0.651. The summed E-state index contributed by atoms with van der Waals surface area (Å²) in [4.78, 5) is 0. The van der Waals surface area contributed by atoms with Crippen LogP contribution in [0.15, 0.2) is 0 Å². The molecule has 0 rings (SSSR count). The lowest BCUT2D eigenvalue weighted by Gasteiger charge is -2.34. The summed E-state index contributed by atoms with van der Waals surface area (Å²) in [6, 6.07) is 0. The fourth-order valence-electron chi connectivity index (χ4n) is 1.24. The SMILES string of the molecule is CCC(O)C(CO)C(C)(C)OC. The normalized spacial score (nSPS) is 17.5. The molecular formula is C9H20O3. The summed E-state index contributed by atoms with van der Waals surface area (Å²) < 4.78 is 5.19. The molecular weight excluding hydrogens is 156 g/mol. The van der Waals surface area contributed by atoms with Crippen LogP contribution in [0.1, 0.15) is 27.2 Å². The minimum atomic E-state index is -0.495. The van der Waals surface area contributed by atoms with Gasteiger partial charge in [0.1, 0.15) is 0 Å². The van der Waals surface area contributed by atoms with Crippen molar-refractivity contribution in [1.82, 2.24) is 0 Å². The van der Waals surface area contributed by atoms with Crippen molar-refractivity contribution in [2.24, 2.45) is 5.92 Å². The van der Waals surface area contributed by atoms with Gasteiger partial charge in [-0.3, -0.25) is 0 Å². The topological polar surface area (TPSA) is 49.7 Å². The Balaban J connectivity index is 4.32. The molecule has 74 valence electrons. The van der Waals surface area contributed by atoms with E-state index in [4.69, 9.17) is 9.84 Å². The third kappa shape index (κ3) is 2.73. The Morgan fingerprint density at radius 2 is 1.92 bits per heavy atom. The molecule has 12 heavy (non-hydrogen) atoms. The van der Waals surface area contributed by atoms with Crippen molar-refractivity contribution in [3.8, 4) is 0 Å². The molecule has 3 heteroatoms. The Labute approximate surface area is 74.4 Å². The summed E-state index contributed by atoms with van der Waals surface area (Å²) in [5.74, 6) is -0.215. The van der Waals surface area contributed by atoms with E-state index in [0.29, 0.717) is 6.42 Å². The Morgan fingerprint density at radius 3 is 2.17 bits per heavy atom. The minimum absolute atomic E-state index is 0.0458. The smallest absolute Gasteiger partial charge is 0.0697 e. The number of methoxy groups -OCH3 is 1. The molecule has 0 amide bonds. The fourth-order valence-corrected chi connectivity index (χ4v) is 1.24. The maximum atomic E-state index is 9.54. The molecule has 0 bridgehead atoms. The zero-order valence-electron chi connectivity index (χ0n) is 8.37. The number of aliphatic hydroxyl groups excluding tert-OH is 2. The van der Waals surface area contributed by atoms with Crippen LogP contribution in [0.5, 0.6) is 0 Å². The van der Waals surface area contributed by atoms with Gasteiger partial charge in [0.15, 0.2) is 0 Å². The highest BCUT2D eigenvalue weighted by atomic mass is 16.5. The first-order chi connectivity index (χ1) is 5.49. The number of aliphatic hydroxyl groups is 2. The maximum Gasteiger partial charge on any atom is 0.0697 e. The van der Waals surface area contributed by atoms with Crippen LogP contribution in [-0.4, -0.2) is 35.6 Å². The standard InChI is InChI=1S/C9H20O3/c1-5-8(11)7(6-10)9(2,3)12-4/h7-8,10-11H,5-6H2,1-4H3. The van der Waals surface area contributed by atoms with Crippen LogP contribution < -0.4 is 0 Å². The second-order valence-corrected chi connectivity index (χ2v) is 3.57. The van der Waals surface area contributed by atoms with Gasteiger partial charge in [-0.2, -0.15) is 0 Å². The highest BCUT2D eigenvalue weighted by molar-refractivity contribution is 4.83. The molecule has 0 fully saturated rings. The van der Waals surface area contributed by atoms with Crippen molar-refractivity contribution < 1.29 is 14.9 Å². The first-order valence-corrected chi connectivity index (χ1v) is 4.33. The zero-order valence-corrected chi connectivity index (χ0v) is 8.37. The maximum absolute atomic E-state index is 9.54. The van der Waals surface area contributed by atoms with Crippen molar-refractivity contribution >= 4 is 0 Å². The minimum Gasteiger partial charge on any atom is -0.396 e. The number of rotatable bonds is 5. The summed E-state index contributed by atoms with van der Waals surface area (Å²) in [6.45, 7) is 5.58. The first kappa shape index (κ1) is 11.9.